The Labute approximate surface area is 205 Å². The molecular formula is C26H15F5N2O4. The van der Waals surface area contributed by atoms with Gasteiger partial charge in [-0.05, 0) is 29.3 Å². The van der Waals surface area contributed by atoms with Gasteiger partial charge in [-0.15, -0.1) is 0 Å². The summed E-state index contributed by atoms with van der Waals surface area (Å²) in [5.41, 5.74) is -4.73. The lowest BCUT2D eigenvalue weighted by Gasteiger charge is -2.19. The molecule has 0 saturated carbocycles. The number of halogens is 5. The Balaban J connectivity index is 1.94. The Hall–Kier alpha value is -4.72. The minimum Gasteiger partial charge on any atom is -0.481 e. The zero-order valence-electron chi connectivity index (χ0n) is 18.6. The molecule has 1 atom stereocenters. The summed E-state index contributed by atoms with van der Waals surface area (Å²) in [7, 11) is 0. The van der Waals surface area contributed by atoms with Gasteiger partial charge in [-0.1, -0.05) is 42.5 Å². The second kappa shape index (κ2) is 9.73. The van der Waals surface area contributed by atoms with Gasteiger partial charge in [0.15, 0.2) is 5.76 Å². The monoisotopic (exact) mass is 514 g/mol. The van der Waals surface area contributed by atoms with Crippen LogP contribution in [0.3, 0.4) is 0 Å². The summed E-state index contributed by atoms with van der Waals surface area (Å²) < 4.78 is 76.7. The third-order valence-electron chi connectivity index (χ3n) is 5.52. The van der Waals surface area contributed by atoms with E-state index in [1.807, 2.05) is 0 Å². The molecule has 0 radical (unpaired) electrons. The quantitative estimate of drug-likeness (QED) is 0.321. The molecule has 0 fully saturated rings. The SMILES string of the molecule is N#Cc1c(C(F)(F)F)cc(-c2cc(-c3cccc(CC(=O)O)c3)co2)n(C(F)c2ccccc2F)c1=O. The number of aromatic nitrogens is 1. The number of carboxylic acid groups (broad SMARTS) is 1. The lowest BCUT2D eigenvalue weighted by atomic mass is 10.0. The van der Waals surface area contributed by atoms with Crippen molar-refractivity contribution < 1.29 is 36.3 Å². The second-order valence-electron chi connectivity index (χ2n) is 7.93. The number of carbonyl (C=O) groups is 1. The number of carboxylic acids is 1. The first-order valence-corrected chi connectivity index (χ1v) is 10.6. The van der Waals surface area contributed by atoms with Crippen molar-refractivity contribution in [3.05, 3.63) is 105 Å². The van der Waals surface area contributed by atoms with Crippen LogP contribution in [-0.2, 0) is 17.4 Å². The fourth-order valence-electron chi connectivity index (χ4n) is 3.83. The van der Waals surface area contributed by atoms with E-state index < -0.39 is 52.2 Å². The molecule has 188 valence electrons. The van der Waals surface area contributed by atoms with Crippen LogP contribution >= 0.6 is 0 Å². The third-order valence-corrected chi connectivity index (χ3v) is 5.52. The summed E-state index contributed by atoms with van der Waals surface area (Å²) in [5, 5.41) is 18.3. The van der Waals surface area contributed by atoms with Gasteiger partial charge in [0.1, 0.15) is 17.4 Å². The lowest BCUT2D eigenvalue weighted by Crippen LogP contribution is -2.30. The molecule has 1 unspecified atom stereocenters. The van der Waals surface area contributed by atoms with E-state index in [1.165, 1.54) is 30.3 Å². The van der Waals surface area contributed by atoms with Crippen molar-refractivity contribution in [2.24, 2.45) is 0 Å². The van der Waals surface area contributed by atoms with E-state index >= 15 is 4.39 Å². The van der Waals surface area contributed by atoms with Gasteiger partial charge in [-0.25, -0.2) is 8.78 Å². The highest BCUT2D eigenvalue weighted by Crippen LogP contribution is 2.37. The molecule has 0 aliphatic carbocycles. The number of alkyl halides is 4. The molecule has 6 nitrogen and oxygen atoms in total. The van der Waals surface area contributed by atoms with Crippen LogP contribution in [0.4, 0.5) is 22.0 Å². The number of furan rings is 1. The zero-order valence-corrected chi connectivity index (χ0v) is 18.6. The average Bonchev–Trinajstić information content (AvgIpc) is 3.33. The fourth-order valence-corrected chi connectivity index (χ4v) is 3.83. The molecule has 0 amide bonds. The highest BCUT2D eigenvalue weighted by Gasteiger charge is 2.38. The van der Waals surface area contributed by atoms with E-state index in [4.69, 9.17) is 9.52 Å². The van der Waals surface area contributed by atoms with Crippen LogP contribution in [0, 0.1) is 17.1 Å². The van der Waals surface area contributed by atoms with Crippen molar-refractivity contribution in [3.63, 3.8) is 0 Å². The third kappa shape index (κ3) is 4.99. The number of aliphatic carboxylic acids is 1. The Morgan fingerprint density at radius 1 is 1.08 bits per heavy atom. The van der Waals surface area contributed by atoms with E-state index in [1.54, 1.807) is 18.2 Å². The molecule has 37 heavy (non-hydrogen) atoms. The molecule has 4 rings (SSSR count). The first kappa shape index (κ1) is 25.4. The van der Waals surface area contributed by atoms with Gasteiger partial charge in [0.2, 0.25) is 6.30 Å². The smallest absolute Gasteiger partial charge is 0.417 e. The van der Waals surface area contributed by atoms with Crippen LogP contribution in [-0.4, -0.2) is 15.6 Å². The first-order chi connectivity index (χ1) is 17.5. The Kier molecular flexibility index (Phi) is 6.68. The van der Waals surface area contributed by atoms with Gasteiger partial charge in [0.25, 0.3) is 5.56 Å². The van der Waals surface area contributed by atoms with Crippen LogP contribution < -0.4 is 5.56 Å². The molecule has 0 spiro atoms. The van der Waals surface area contributed by atoms with E-state index in [9.17, 15) is 32.4 Å². The molecule has 4 aromatic rings. The molecule has 0 aliphatic heterocycles. The topological polar surface area (TPSA) is 96.2 Å². The Bertz CT molecular complexity index is 1600. The minimum atomic E-state index is -5.14. The van der Waals surface area contributed by atoms with Crippen molar-refractivity contribution in [1.82, 2.24) is 4.57 Å². The molecule has 2 aromatic heterocycles. The Morgan fingerprint density at radius 3 is 2.46 bits per heavy atom. The predicted molar refractivity (Wildman–Crippen MR) is 121 cm³/mol. The molecule has 0 bridgehead atoms. The highest BCUT2D eigenvalue weighted by molar-refractivity contribution is 5.73. The molecule has 1 N–H and O–H groups in total. The number of rotatable bonds is 6. The molecule has 11 heteroatoms. The summed E-state index contributed by atoms with van der Waals surface area (Å²) >= 11 is 0. The number of nitriles is 1. The number of nitrogens with zero attached hydrogens (tertiary/aromatic N) is 2. The summed E-state index contributed by atoms with van der Waals surface area (Å²) in [6.07, 6.45) is -6.88. The van der Waals surface area contributed by atoms with Gasteiger partial charge >= 0.3 is 12.1 Å². The van der Waals surface area contributed by atoms with E-state index in [0.717, 1.165) is 18.4 Å². The minimum absolute atomic E-state index is 0.232. The number of hydrogen-bond donors (Lipinski definition) is 1. The van der Waals surface area contributed by atoms with Crippen molar-refractivity contribution in [2.75, 3.05) is 0 Å². The summed E-state index contributed by atoms with van der Waals surface area (Å²) in [6.45, 7) is 0. The van der Waals surface area contributed by atoms with Gasteiger partial charge in [-0.3, -0.25) is 14.2 Å². The first-order valence-electron chi connectivity index (χ1n) is 10.6. The summed E-state index contributed by atoms with van der Waals surface area (Å²) in [4.78, 5) is 24.0. The van der Waals surface area contributed by atoms with Crippen molar-refractivity contribution in [1.29, 1.82) is 5.26 Å². The maximum absolute atomic E-state index is 15.6. The predicted octanol–water partition coefficient (Wildman–Crippen LogP) is 5.95. The summed E-state index contributed by atoms with van der Waals surface area (Å²) in [6, 6.07) is 13.5. The number of pyridine rings is 1. The largest absolute Gasteiger partial charge is 0.481 e. The van der Waals surface area contributed by atoms with E-state index in [-0.39, 0.29) is 16.7 Å². The maximum Gasteiger partial charge on any atom is 0.417 e. The molecular weight excluding hydrogens is 499 g/mol. The molecule has 2 heterocycles. The van der Waals surface area contributed by atoms with Crippen LogP contribution in [0.1, 0.15) is 28.5 Å². The van der Waals surface area contributed by atoms with E-state index in [2.05, 4.69) is 0 Å². The van der Waals surface area contributed by atoms with Gasteiger partial charge in [0, 0.05) is 11.1 Å². The standard InChI is InChI=1S/C26H15F5N2O4/c27-20-7-2-1-6-17(20)24(28)33-21(11-19(26(29,30)31)18(12-32)25(33)36)22-10-16(13-37-22)15-5-3-4-14(8-15)9-23(34)35/h1-8,10-11,13,24H,9H2,(H,34,35). The van der Waals surface area contributed by atoms with Crippen molar-refractivity contribution in [2.45, 2.75) is 18.9 Å². The van der Waals surface area contributed by atoms with Crippen molar-refractivity contribution in [3.8, 4) is 28.7 Å². The molecule has 0 aliphatic rings. The van der Waals surface area contributed by atoms with Crippen LogP contribution in [0.2, 0.25) is 0 Å². The Morgan fingerprint density at radius 2 is 1.81 bits per heavy atom. The van der Waals surface area contributed by atoms with Crippen LogP contribution in [0.5, 0.6) is 0 Å². The number of benzene rings is 2. The van der Waals surface area contributed by atoms with Crippen LogP contribution in [0.15, 0.2) is 76.1 Å². The maximum atomic E-state index is 15.6. The van der Waals surface area contributed by atoms with Gasteiger partial charge in [-0.2, -0.15) is 18.4 Å². The van der Waals surface area contributed by atoms with Gasteiger partial charge in [0.05, 0.1) is 23.9 Å². The summed E-state index contributed by atoms with van der Waals surface area (Å²) in [5.74, 6) is -2.50. The molecule has 0 saturated heterocycles. The van der Waals surface area contributed by atoms with Crippen LogP contribution in [0.25, 0.3) is 22.6 Å². The normalized spacial score (nSPS) is 12.2. The molecule has 2 aromatic carbocycles. The van der Waals surface area contributed by atoms with E-state index in [0.29, 0.717) is 22.8 Å². The second-order valence-corrected chi connectivity index (χ2v) is 7.93. The number of hydrogen-bond acceptors (Lipinski definition) is 4. The van der Waals surface area contributed by atoms with Gasteiger partial charge < -0.3 is 9.52 Å². The highest BCUT2D eigenvalue weighted by atomic mass is 19.4. The van der Waals surface area contributed by atoms with Crippen molar-refractivity contribution >= 4 is 5.97 Å². The zero-order chi connectivity index (χ0) is 26.9. The lowest BCUT2D eigenvalue weighted by molar-refractivity contribution is -0.138. The average molecular weight is 514 g/mol. The fraction of sp³-hybridized carbons (Fsp3) is 0.115.